The van der Waals surface area contributed by atoms with Gasteiger partial charge in [-0.15, -0.1) is 0 Å². The largest absolute Gasteiger partial charge is 0.481 e. The monoisotopic (exact) mass is 338 g/mol. The quantitative estimate of drug-likeness (QED) is 0.824. The number of benzene rings is 2. The maximum atomic E-state index is 13.0. The zero-order valence-electron chi connectivity index (χ0n) is 12.5. The second kappa shape index (κ2) is 5.61. The third-order valence-corrected chi connectivity index (χ3v) is 4.57. The number of rotatable bonds is 4. The van der Waals surface area contributed by atoms with Crippen LogP contribution in [0.5, 0.6) is 0 Å². The van der Waals surface area contributed by atoms with Crippen molar-refractivity contribution >= 4 is 5.97 Å². The molecule has 0 aromatic heterocycles. The molecule has 0 amide bonds. The molecule has 1 saturated carbocycles. The predicted octanol–water partition coefficient (Wildman–Crippen LogP) is 4.65. The van der Waals surface area contributed by atoms with Crippen molar-refractivity contribution < 1.29 is 27.5 Å². The Morgan fingerprint density at radius 3 is 2.17 bits per heavy atom. The fourth-order valence-electron chi connectivity index (χ4n) is 3.12. The lowest BCUT2D eigenvalue weighted by atomic mass is 9.91. The summed E-state index contributed by atoms with van der Waals surface area (Å²) in [5, 5.41) is 9.58. The van der Waals surface area contributed by atoms with E-state index in [-0.39, 0.29) is 12.3 Å². The molecule has 2 atom stereocenters. The van der Waals surface area contributed by atoms with Gasteiger partial charge >= 0.3 is 12.1 Å². The topological polar surface area (TPSA) is 37.3 Å². The molecule has 0 radical (unpaired) electrons. The van der Waals surface area contributed by atoms with Crippen LogP contribution in [0.15, 0.2) is 48.5 Å². The van der Waals surface area contributed by atoms with Crippen molar-refractivity contribution in [2.75, 3.05) is 0 Å². The Kier molecular flexibility index (Phi) is 3.86. The van der Waals surface area contributed by atoms with E-state index in [1.807, 2.05) is 0 Å². The second-order valence-corrected chi connectivity index (χ2v) is 6.14. The van der Waals surface area contributed by atoms with Gasteiger partial charge in [-0.2, -0.15) is 13.2 Å². The summed E-state index contributed by atoms with van der Waals surface area (Å²) < 4.78 is 50.8. The van der Waals surface area contributed by atoms with Crippen LogP contribution in [0.1, 0.15) is 29.0 Å². The van der Waals surface area contributed by atoms with E-state index in [2.05, 4.69) is 0 Å². The van der Waals surface area contributed by atoms with Crippen molar-refractivity contribution in [2.45, 2.75) is 24.9 Å². The number of halogens is 4. The Balaban J connectivity index is 1.81. The molecule has 3 rings (SSSR count). The lowest BCUT2D eigenvalue weighted by molar-refractivity contribution is -0.143. The molecule has 0 saturated heterocycles. The molecule has 0 aliphatic heterocycles. The van der Waals surface area contributed by atoms with Crippen LogP contribution in [0.4, 0.5) is 17.6 Å². The zero-order valence-corrected chi connectivity index (χ0v) is 12.5. The van der Waals surface area contributed by atoms with E-state index in [1.165, 1.54) is 24.3 Å². The van der Waals surface area contributed by atoms with Gasteiger partial charge in [0, 0.05) is 5.92 Å². The highest BCUT2D eigenvalue weighted by Gasteiger charge is 2.60. The minimum absolute atomic E-state index is 0.141. The minimum Gasteiger partial charge on any atom is -0.481 e. The third kappa shape index (κ3) is 3.00. The Labute approximate surface area is 135 Å². The van der Waals surface area contributed by atoms with Gasteiger partial charge in [-0.25, -0.2) is 4.39 Å². The Hall–Kier alpha value is -2.37. The molecule has 126 valence electrons. The maximum absolute atomic E-state index is 13.0. The van der Waals surface area contributed by atoms with Gasteiger partial charge in [0.2, 0.25) is 0 Å². The van der Waals surface area contributed by atoms with Crippen molar-refractivity contribution in [2.24, 2.45) is 5.41 Å². The summed E-state index contributed by atoms with van der Waals surface area (Å²) >= 11 is 0. The van der Waals surface area contributed by atoms with E-state index in [4.69, 9.17) is 0 Å². The first-order valence-corrected chi connectivity index (χ1v) is 7.37. The lowest BCUT2D eigenvalue weighted by Gasteiger charge is -2.14. The van der Waals surface area contributed by atoms with Crippen LogP contribution in [-0.2, 0) is 17.4 Å². The summed E-state index contributed by atoms with van der Waals surface area (Å²) in [6.07, 6.45) is -3.89. The number of carboxylic acids is 1. The zero-order chi connectivity index (χ0) is 17.5. The summed E-state index contributed by atoms with van der Waals surface area (Å²) in [6.45, 7) is 0. The minimum atomic E-state index is -4.42. The molecule has 0 bridgehead atoms. The third-order valence-electron chi connectivity index (χ3n) is 4.57. The molecular weight excluding hydrogens is 324 g/mol. The van der Waals surface area contributed by atoms with Gasteiger partial charge in [0.1, 0.15) is 5.82 Å². The van der Waals surface area contributed by atoms with Crippen molar-refractivity contribution in [3.8, 4) is 0 Å². The Morgan fingerprint density at radius 2 is 1.67 bits per heavy atom. The van der Waals surface area contributed by atoms with E-state index in [9.17, 15) is 27.5 Å². The van der Waals surface area contributed by atoms with Crippen molar-refractivity contribution in [3.63, 3.8) is 0 Å². The number of hydrogen-bond donors (Lipinski definition) is 1. The van der Waals surface area contributed by atoms with Crippen molar-refractivity contribution in [1.82, 2.24) is 0 Å². The SMILES string of the molecule is O=C(O)C1(Cc2ccc(C(F)(F)F)cc2)CC1c1ccc(F)cc1. The van der Waals surface area contributed by atoms with Gasteiger partial charge in [-0.1, -0.05) is 24.3 Å². The molecule has 2 aromatic rings. The lowest BCUT2D eigenvalue weighted by Crippen LogP contribution is -2.20. The van der Waals surface area contributed by atoms with E-state index >= 15 is 0 Å². The number of carbonyl (C=O) groups is 1. The molecule has 0 heterocycles. The molecule has 1 aliphatic rings. The average Bonchev–Trinajstić information content (AvgIpc) is 3.23. The highest BCUT2D eigenvalue weighted by Crippen LogP contribution is 2.61. The standard InChI is InChI=1S/C18H14F4O2/c19-14-7-3-12(4-8-14)15-10-17(15,16(23)24)9-11-1-5-13(6-2-11)18(20,21)22/h1-8,15H,9-10H2,(H,23,24). The fourth-order valence-corrected chi connectivity index (χ4v) is 3.12. The Morgan fingerprint density at radius 1 is 1.08 bits per heavy atom. The molecule has 2 unspecified atom stereocenters. The summed E-state index contributed by atoms with van der Waals surface area (Å²) in [7, 11) is 0. The van der Waals surface area contributed by atoms with Crippen LogP contribution in [0.25, 0.3) is 0 Å². The highest BCUT2D eigenvalue weighted by atomic mass is 19.4. The first-order valence-electron chi connectivity index (χ1n) is 7.37. The molecular formula is C18H14F4O2. The van der Waals surface area contributed by atoms with Crippen molar-refractivity contribution in [1.29, 1.82) is 0 Å². The summed E-state index contributed by atoms with van der Waals surface area (Å²) in [4.78, 5) is 11.7. The first-order chi connectivity index (χ1) is 11.2. The van der Waals surface area contributed by atoms with Crippen LogP contribution in [0.3, 0.4) is 0 Å². The summed E-state index contributed by atoms with van der Waals surface area (Å²) in [5.74, 6) is -1.65. The van der Waals surface area contributed by atoms with Crippen LogP contribution < -0.4 is 0 Å². The molecule has 1 aliphatic carbocycles. The predicted molar refractivity (Wildman–Crippen MR) is 79.0 cm³/mol. The van der Waals surface area contributed by atoms with E-state index in [0.29, 0.717) is 12.0 Å². The molecule has 24 heavy (non-hydrogen) atoms. The van der Waals surface area contributed by atoms with E-state index in [1.54, 1.807) is 12.1 Å². The smallest absolute Gasteiger partial charge is 0.416 e. The van der Waals surface area contributed by atoms with Gasteiger partial charge < -0.3 is 5.11 Å². The van der Waals surface area contributed by atoms with Gasteiger partial charge in [0.05, 0.1) is 11.0 Å². The summed E-state index contributed by atoms with van der Waals surface area (Å²) in [5.41, 5.74) is -0.542. The van der Waals surface area contributed by atoms with Gasteiger partial charge in [-0.05, 0) is 48.2 Å². The average molecular weight is 338 g/mol. The first kappa shape index (κ1) is 16.5. The van der Waals surface area contributed by atoms with E-state index in [0.717, 1.165) is 17.7 Å². The molecule has 0 spiro atoms. The molecule has 1 fully saturated rings. The number of hydrogen-bond acceptors (Lipinski definition) is 1. The normalized spacial score (nSPS) is 23.1. The van der Waals surface area contributed by atoms with Crippen LogP contribution in [0.2, 0.25) is 0 Å². The van der Waals surface area contributed by atoms with Gasteiger partial charge in [0.25, 0.3) is 0 Å². The molecule has 2 aromatic carbocycles. The molecule has 6 heteroatoms. The van der Waals surface area contributed by atoms with Gasteiger partial charge in [-0.3, -0.25) is 4.79 Å². The summed E-state index contributed by atoms with van der Waals surface area (Å²) in [6, 6.07) is 10.2. The number of aliphatic carboxylic acids is 1. The highest BCUT2D eigenvalue weighted by molar-refractivity contribution is 5.81. The second-order valence-electron chi connectivity index (χ2n) is 6.14. The Bertz CT molecular complexity index is 750. The van der Waals surface area contributed by atoms with Crippen LogP contribution in [0, 0.1) is 11.2 Å². The fraction of sp³-hybridized carbons (Fsp3) is 0.278. The van der Waals surface area contributed by atoms with Crippen LogP contribution >= 0.6 is 0 Å². The molecule has 2 nitrogen and oxygen atoms in total. The molecule has 1 N–H and O–H groups in total. The van der Waals surface area contributed by atoms with Crippen LogP contribution in [-0.4, -0.2) is 11.1 Å². The van der Waals surface area contributed by atoms with Gasteiger partial charge in [0.15, 0.2) is 0 Å². The van der Waals surface area contributed by atoms with Crippen molar-refractivity contribution in [3.05, 3.63) is 71.0 Å². The number of carboxylic acid groups (broad SMARTS) is 1. The van der Waals surface area contributed by atoms with E-state index < -0.39 is 28.9 Å². The maximum Gasteiger partial charge on any atom is 0.416 e. The number of alkyl halides is 3.